The molecule has 0 spiro atoms. The Morgan fingerprint density at radius 1 is 1.46 bits per heavy atom. The Kier molecular flexibility index (Phi) is 3.74. The zero-order valence-electron chi connectivity index (χ0n) is 9.18. The van der Waals surface area contributed by atoms with E-state index in [-0.39, 0.29) is 0 Å². The third kappa shape index (κ3) is 3.28. The first-order valence-corrected chi connectivity index (χ1v) is 5.33. The second-order valence-corrected chi connectivity index (χ2v) is 5.22. The van der Waals surface area contributed by atoms with Gasteiger partial charge in [-0.25, -0.2) is 0 Å². The van der Waals surface area contributed by atoms with Crippen LogP contribution in [0.3, 0.4) is 0 Å². The lowest BCUT2D eigenvalue weighted by Crippen LogP contribution is -2.37. The molecule has 0 amide bonds. The fourth-order valence-electron chi connectivity index (χ4n) is 2.33. The Morgan fingerprint density at radius 2 is 2.08 bits per heavy atom. The first kappa shape index (κ1) is 11.0. The first-order valence-electron chi connectivity index (χ1n) is 5.33. The van der Waals surface area contributed by atoms with Gasteiger partial charge in [0.2, 0.25) is 0 Å². The lowest BCUT2D eigenvalue weighted by Gasteiger charge is -2.37. The highest BCUT2D eigenvalue weighted by Gasteiger charge is 2.30. The molecule has 0 aromatic heterocycles. The minimum absolute atomic E-state index is 0.336. The molecule has 1 heterocycles. The number of nitrogens with two attached hydrogens (primary N) is 1. The molecule has 2 nitrogen and oxygen atoms in total. The molecule has 78 valence electrons. The van der Waals surface area contributed by atoms with Gasteiger partial charge >= 0.3 is 0 Å². The molecule has 0 aromatic rings. The van der Waals surface area contributed by atoms with E-state index < -0.39 is 0 Å². The third-order valence-corrected chi connectivity index (χ3v) is 2.88. The number of hydrogen-bond donors (Lipinski definition) is 1. The minimum atomic E-state index is 0.336. The Hall–Kier alpha value is -0.0800. The normalized spacial score (nSPS) is 22.8. The predicted molar refractivity (Wildman–Crippen MR) is 55.5 cm³/mol. The molecule has 2 heteroatoms. The van der Waals surface area contributed by atoms with Gasteiger partial charge in [-0.1, -0.05) is 20.8 Å². The topological polar surface area (TPSA) is 35.2 Å². The summed E-state index contributed by atoms with van der Waals surface area (Å²) in [4.78, 5) is 0. The second-order valence-electron chi connectivity index (χ2n) is 5.22. The Bertz CT molecular complexity index is 154. The predicted octanol–water partition coefficient (Wildman–Crippen LogP) is 2.03. The van der Waals surface area contributed by atoms with Gasteiger partial charge in [0.25, 0.3) is 0 Å². The van der Waals surface area contributed by atoms with E-state index in [2.05, 4.69) is 20.8 Å². The molecule has 13 heavy (non-hydrogen) atoms. The van der Waals surface area contributed by atoms with Crippen LogP contribution in [0.2, 0.25) is 0 Å². The zero-order chi connectivity index (χ0) is 9.90. The summed E-state index contributed by atoms with van der Waals surface area (Å²) in [5, 5.41) is 0. The largest absolute Gasteiger partial charge is 0.381 e. The molecule has 1 rings (SSSR count). The maximum absolute atomic E-state index is 5.84. The van der Waals surface area contributed by atoms with Crippen molar-refractivity contribution in [2.24, 2.45) is 23.0 Å². The molecule has 1 aliphatic heterocycles. The summed E-state index contributed by atoms with van der Waals surface area (Å²) in [6.07, 6.45) is 2.47. The van der Waals surface area contributed by atoms with Crippen molar-refractivity contribution in [2.45, 2.75) is 33.6 Å². The van der Waals surface area contributed by atoms with E-state index in [1.165, 1.54) is 12.8 Å². The minimum Gasteiger partial charge on any atom is -0.381 e. The van der Waals surface area contributed by atoms with Crippen molar-refractivity contribution in [3.8, 4) is 0 Å². The lowest BCUT2D eigenvalue weighted by molar-refractivity contribution is -0.0536. The molecule has 1 saturated heterocycles. The van der Waals surface area contributed by atoms with Crippen molar-refractivity contribution in [3.05, 3.63) is 0 Å². The summed E-state index contributed by atoms with van der Waals surface area (Å²) in [5.74, 6) is 1.52. The van der Waals surface area contributed by atoms with Crippen molar-refractivity contribution in [1.29, 1.82) is 0 Å². The van der Waals surface area contributed by atoms with Crippen LogP contribution in [0.15, 0.2) is 0 Å². The molecular weight excluding hydrogens is 162 g/mol. The molecule has 0 bridgehead atoms. The maximum atomic E-state index is 5.84. The third-order valence-electron chi connectivity index (χ3n) is 2.88. The number of ether oxygens (including phenoxy) is 1. The molecule has 0 saturated carbocycles. The van der Waals surface area contributed by atoms with Gasteiger partial charge in [-0.05, 0) is 30.7 Å². The quantitative estimate of drug-likeness (QED) is 0.711. The summed E-state index contributed by atoms with van der Waals surface area (Å²) < 4.78 is 5.19. The van der Waals surface area contributed by atoms with Gasteiger partial charge in [0.1, 0.15) is 0 Å². The second kappa shape index (κ2) is 4.43. The Balaban J connectivity index is 2.37. The SMILES string of the molecule is CC(C)CC(C)(CN)CC1COC1. The molecule has 2 N–H and O–H groups in total. The van der Waals surface area contributed by atoms with E-state index in [9.17, 15) is 0 Å². The van der Waals surface area contributed by atoms with E-state index in [4.69, 9.17) is 10.5 Å². The van der Waals surface area contributed by atoms with Crippen LogP contribution in [-0.4, -0.2) is 19.8 Å². The van der Waals surface area contributed by atoms with Crippen molar-refractivity contribution < 1.29 is 4.74 Å². The van der Waals surface area contributed by atoms with Crippen molar-refractivity contribution in [2.75, 3.05) is 19.8 Å². The van der Waals surface area contributed by atoms with E-state index >= 15 is 0 Å². The van der Waals surface area contributed by atoms with Crippen molar-refractivity contribution in [3.63, 3.8) is 0 Å². The van der Waals surface area contributed by atoms with Crippen LogP contribution in [0, 0.1) is 17.3 Å². The van der Waals surface area contributed by atoms with Gasteiger partial charge in [0, 0.05) is 5.92 Å². The molecule has 1 aliphatic rings. The average Bonchev–Trinajstić information content (AvgIpc) is 1.96. The van der Waals surface area contributed by atoms with E-state index in [0.717, 1.165) is 31.6 Å². The monoisotopic (exact) mass is 185 g/mol. The average molecular weight is 185 g/mol. The van der Waals surface area contributed by atoms with Gasteiger partial charge in [-0.15, -0.1) is 0 Å². The van der Waals surface area contributed by atoms with Crippen LogP contribution in [0.1, 0.15) is 33.6 Å². The highest BCUT2D eigenvalue weighted by molar-refractivity contribution is 4.82. The molecule has 0 aliphatic carbocycles. The van der Waals surface area contributed by atoms with Gasteiger partial charge < -0.3 is 10.5 Å². The van der Waals surface area contributed by atoms with Gasteiger partial charge in [-0.3, -0.25) is 0 Å². The standard InChI is InChI=1S/C11H23NO/c1-9(2)4-11(3,8-12)5-10-6-13-7-10/h9-10H,4-8,12H2,1-3H3. The van der Waals surface area contributed by atoms with Crippen LogP contribution >= 0.6 is 0 Å². The van der Waals surface area contributed by atoms with E-state index in [1.54, 1.807) is 0 Å². The summed E-state index contributed by atoms with van der Waals surface area (Å²) in [6.45, 7) is 9.56. The summed E-state index contributed by atoms with van der Waals surface area (Å²) in [6, 6.07) is 0. The van der Waals surface area contributed by atoms with Gasteiger partial charge in [0.15, 0.2) is 0 Å². The van der Waals surface area contributed by atoms with Gasteiger partial charge in [0.05, 0.1) is 13.2 Å². The molecular formula is C11H23NO. The van der Waals surface area contributed by atoms with Crippen LogP contribution in [0.4, 0.5) is 0 Å². The highest BCUT2D eigenvalue weighted by Crippen LogP contribution is 2.34. The first-order chi connectivity index (χ1) is 6.06. The van der Waals surface area contributed by atoms with Crippen LogP contribution in [0.5, 0.6) is 0 Å². The highest BCUT2D eigenvalue weighted by atomic mass is 16.5. The fraction of sp³-hybridized carbons (Fsp3) is 1.00. The fourth-order valence-corrected chi connectivity index (χ4v) is 2.33. The molecule has 1 atom stereocenters. The molecule has 1 unspecified atom stereocenters. The van der Waals surface area contributed by atoms with Crippen molar-refractivity contribution >= 4 is 0 Å². The summed E-state index contributed by atoms with van der Waals surface area (Å²) >= 11 is 0. The molecule has 0 aromatic carbocycles. The molecule has 1 fully saturated rings. The van der Waals surface area contributed by atoms with Crippen LogP contribution in [0.25, 0.3) is 0 Å². The summed E-state index contributed by atoms with van der Waals surface area (Å²) in [7, 11) is 0. The molecule has 0 radical (unpaired) electrons. The lowest BCUT2D eigenvalue weighted by atomic mass is 9.75. The van der Waals surface area contributed by atoms with E-state index in [1.807, 2.05) is 0 Å². The van der Waals surface area contributed by atoms with Crippen LogP contribution in [-0.2, 0) is 4.74 Å². The number of hydrogen-bond acceptors (Lipinski definition) is 2. The maximum Gasteiger partial charge on any atom is 0.0516 e. The van der Waals surface area contributed by atoms with Crippen LogP contribution < -0.4 is 5.73 Å². The summed E-state index contributed by atoms with van der Waals surface area (Å²) in [5.41, 5.74) is 6.18. The van der Waals surface area contributed by atoms with E-state index in [0.29, 0.717) is 5.41 Å². The van der Waals surface area contributed by atoms with Crippen molar-refractivity contribution in [1.82, 2.24) is 0 Å². The van der Waals surface area contributed by atoms with Gasteiger partial charge in [-0.2, -0.15) is 0 Å². The smallest absolute Gasteiger partial charge is 0.0516 e. The number of rotatable bonds is 5. The zero-order valence-corrected chi connectivity index (χ0v) is 9.18. The Labute approximate surface area is 81.8 Å². The Morgan fingerprint density at radius 3 is 2.38 bits per heavy atom.